The normalized spacial score (nSPS) is 19.2. The van der Waals surface area contributed by atoms with Gasteiger partial charge in [0.15, 0.2) is 0 Å². The number of aromatic amines is 1. The number of esters is 1. The van der Waals surface area contributed by atoms with Crippen LogP contribution in [0.25, 0.3) is 10.9 Å². The Balaban J connectivity index is 1.78. The number of aromatic nitrogens is 1. The van der Waals surface area contributed by atoms with Crippen LogP contribution >= 0.6 is 0 Å². The molecule has 1 aliphatic heterocycles. The highest BCUT2D eigenvalue weighted by molar-refractivity contribution is 5.89. The Morgan fingerprint density at radius 2 is 1.88 bits per heavy atom. The van der Waals surface area contributed by atoms with Crippen molar-refractivity contribution < 1.29 is 14.3 Å². The number of ether oxygens (including phenoxy) is 2. The van der Waals surface area contributed by atoms with Gasteiger partial charge < -0.3 is 19.8 Å². The number of rotatable bonds is 3. The van der Waals surface area contributed by atoms with Crippen molar-refractivity contribution in [1.82, 2.24) is 10.3 Å². The minimum Gasteiger partial charge on any atom is -0.497 e. The standard InChI is InChI=1S/C21H22N2O3/c1-12-10-17-16-11-15(25-2)8-9-18(16)23-20(17)19(22-12)13-4-6-14(7-5-13)21(24)26-3/h4-9,11-12,19,22-23H,10H2,1-3H3/t12-,19-/m0/s1. The lowest BCUT2D eigenvalue weighted by atomic mass is 9.90. The van der Waals surface area contributed by atoms with Gasteiger partial charge in [-0.15, -0.1) is 0 Å². The molecule has 0 bridgehead atoms. The minimum absolute atomic E-state index is 0.0545. The maximum absolute atomic E-state index is 11.7. The number of fused-ring (bicyclic) bond motifs is 3. The molecule has 2 N–H and O–H groups in total. The molecule has 0 radical (unpaired) electrons. The molecule has 134 valence electrons. The fourth-order valence-corrected chi connectivity index (χ4v) is 3.77. The first-order chi connectivity index (χ1) is 12.6. The minimum atomic E-state index is -0.320. The summed E-state index contributed by atoms with van der Waals surface area (Å²) < 4.78 is 10.2. The third-order valence-electron chi connectivity index (χ3n) is 5.06. The van der Waals surface area contributed by atoms with E-state index in [0.717, 1.165) is 23.3 Å². The van der Waals surface area contributed by atoms with E-state index in [4.69, 9.17) is 9.47 Å². The Hall–Kier alpha value is -2.79. The Kier molecular flexibility index (Phi) is 4.17. The van der Waals surface area contributed by atoms with Crippen molar-refractivity contribution in [2.45, 2.75) is 25.4 Å². The average Bonchev–Trinajstić information content (AvgIpc) is 3.04. The second kappa shape index (κ2) is 6.50. The van der Waals surface area contributed by atoms with Crippen LogP contribution in [0.5, 0.6) is 5.75 Å². The topological polar surface area (TPSA) is 63.3 Å². The van der Waals surface area contributed by atoms with Crippen molar-refractivity contribution in [3.8, 4) is 5.75 Å². The molecule has 1 aromatic heterocycles. The summed E-state index contributed by atoms with van der Waals surface area (Å²) in [6.07, 6.45) is 0.958. The van der Waals surface area contributed by atoms with Crippen molar-refractivity contribution in [1.29, 1.82) is 0 Å². The van der Waals surface area contributed by atoms with Crippen molar-refractivity contribution in [2.75, 3.05) is 14.2 Å². The number of H-pyrrole nitrogens is 1. The molecule has 0 spiro atoms. The fraction of sp³-hybridized carbons (Fsp3) is 0.286. The summed E-state index contributed by atoms with van der Waals surface area (Å²) in [7, 11) is 3.09. The number of carbonyl (C=O) groups is 1. The first kappa shape index (κ1) is 16.7. The molecule has 0 unspecified atom stereocenters. The van der Waals surface area contributed by atoms with Gasteiger partial charge >= 0.3 is 5.97 Å². The fourth-order valence-electron chi connectivity index (χ4n) is 3.77. The predicted octanol–water partition coefficient (Wildman–Crippen LogP) is 3.59. The maximum atomic E-state index is 11.7. The third-order valence-corrected chi connectivity index (χ3v) is 5.06. The van der Waals surface area contributed by atoms with Crippen LogP contribution in [0.2, 0.25) is 0 Å². The van der Waals surface area contributed by atoms with Crippen molar-refractivity contribution in [3.63, 3.8) is 0 Å². The summed E-state index contributed by atoms with van der Waals surface area (Å²) in [6, 6.07) is 14.1. The predicted molar refractivity (Wildman–Crippen MR) is 101 cm³/mol. The van der Waals surface area contributed by atoms with Crippen LogP contribution in [0.15, 0.2) is 42.5 Å². The van der Waals surface area contributed by atoms with Crippen molar-refractivity contribution in [3.05, 3.63) is 64.8 Å². The summed E-state index contributed by atoms with van der Waals surface area (Å²) in [4.78, 5) is 15.2. The van der Waals surface area contributed by atoms with Crippen LogP contribution in [0.3, 0.4) is 0 Å². The highest BCUT2D eigenvalue weighted by Crippen LogP contribution is 2.36. The summed E-state index contributed by atoms with van der Waals surface area (Å²) in [5.41, 5.74) is 5.29. The van der Waals surface area contributed by atoms with E-state index in [-0.39, 0.29) is 12.0 Å². The van der Waals surface area contributed by atoms with Crippen LogP contribution in [-0.2, 0) is 11.2 Å². The van der Waals surface area contributed by atoms with Gasteiger partial charge in [0.1, 0.15) is 5.75 Å². The molecule has 3 aromatic rings. The van der Waals surface area contributed by atoms with E-state index < -0.39 is 0 Å². The van der Waals surface area contributed by atoms with Crippen LogP contribution in [0.4, 0.5) is 0 Å². The zero-order valence-corrected chi connectivity index (χ0v) is 15.1. The molecular formula is C21H22N2O3. The van der Waals surface area contributed by atoms with Gasteiger partial charge in [0, 0.05) is 22.6 Å². The van der Waals surface area contributed by atoms with Gasteiger partial charge in [-0.2, -0.15) is 0 Å². The lowest BCUT2D eigenvalue weighted by Crippen LogP contribution is -2.37. The highest BCUT2D eigenvalue weighted by Gasteiger charge is 2.28. The van der Waals surface area contributed by atoms with Crippen molar-refractivity contribution >= 4 is 16.9 Å². The van der Waals surface area contributed by atoms with E-state index in [1.54, 1.807) is 7.11 Å². The molecule has 5 heteroatoms. The molecule has 0 aliphatic carbocycles. The number of nitrogens with one attached hydrogen (secondary N) is 2. The maximum Gasteiger partial charge on any atom is 0.337 e. The van der Waals surface area contributed by atoms with E-state index >= 15 is 0 Å². The molecule has 2 heterocycles. The Labute approximate surface area is 152 Å². The summed E-state index contributed by atoms with van der Waals surface area (Å²) in [5.74, 6) is 0.546. The Morgan fingerprint density at radius 1 is 1.12 bits per heavy atom. The smallest absolute Gasteiger partial charge is 0.337 e. The van der Waals surface area contributed by atoms with E-state index in [1.807, 2.05) is 30.3 Å². The lowest BCUT2D eigenvalue weighted by Gasteiger charge is -2.29. The highest BCUT2D eigenvalue weighted by atomic mass is 16.5. The molecular weight excluding hydrogens is 328 g/mol. The third kappa shape index (κ3) is 2.74. The Morgan fingerprint density at radius 3 is 2.58 bits per heavy atom. The van der Waals surface area contributed by atoms with Gasteiger partial charge in [-0.05, 0) is 54.8 Å². The summed E-state index contributed by atoms with van der Waals surface area (Å²) in [5, 5.41) is 4.87. The monoisotopic (exact) mass is 350 g/mol. The first-order valence-electron chi connectivity index (χ1n) is 8.73. The van der Waals surface area contributed by atoms with Crippen LogP contribution in [0.1, 0.15) is 40.1 Å². The molecule has 0 saturated heterocycles. The van der Waals surface area contributed by atoms with Crippen LogP contribution < -0.4 is 10.1 Å². The number of carbonyl (C=O) groups excluding carboxylic acids is 1. The molecule has 5 nitrogen and oxygen atoms in total. The number of hydrogen-bond acceptors (Lipinski definition) is 4. The van der Waals surface area contributed by atoms with Gasteiger partial charge in [-0.1, -0.05) is 12.1 Å². The second-order valence-electron chi connectivity index (χ2n) is 6.75. The summed E-state index contributed by atoms with van der Waals surface area (Å²) in [6.45, 7) is 2.19. The van der Waals surface area contributed by atoms with E-state index in [2.05, 4.69) is 29.4 Å². The SMILES string of the molecule is COC(=O)c1ccc([C@@H]2N[C@@H](C)Cc3c2[nH]c2ccc(OC)cc32)cc1. The van der Waals surface area contributed by atoms with E-state index in [0.29, 0.717) is 11.6 Å². The molecule has 0 amide bonds. The number of hydrogen-bond donors (Lipinski definition) is 2. The first-order valence-corrected chi connectivity index (χ1v) is 8.73. The molecule has 26 heavy (non-hydrogen) atoms. The van der Waals surface area contributed by atoms with Crippen molar-refractivity contribution in [2.24, 2.45) is 0 Å². The number of methoxy groups -OCH3 is 2. The second-order valence-corrected chi connectivity index (χ2v) is 6.75. The molecule has 0 saturated carbocycles. The summed E-state index contributed by atoms with van der Waals surface area (Å²) >= 11 is 0. The molecule has 0 fully saturated rings. The van der Waals surface area contributed by atoms with Gasteiger partial charge in [0.2, 0.25) is 0 Å². The quantitative estimate of drug-likeness (QED) is 0.709. The van der Waals surface area contributed by atoms with E-state index in [1.165, 1.54) is 23.8 Å². The van der Waals surface area contributed by atoms with Gasteiger partial charge in [-0.25, -0.2) is 4.79 Å². The number of benzene rings is 2. The van der Waals surface area contributed by atoms with Crippen LogP contribution in [0, 0.1) is 0 Å². The largest absolute Gasteiger partial charge is 0.497 e. The lowest BCUT2D eigenvalue weighted by molar-refractivity contribution is 0.0600. The Bertz CT molecular complexity index is 959. The molecule has 2 aromatic carbocycles. The zero-order chi connectivity index (χ0) is 18.3. The average molecular weight is 350 g/mol. The van der Waals surface area contributed by atoms with Gasteiger partial charge in [0.25, 0.3) is 0 Å². The molecule has 4 rings (SSSR count). The van der Waals surface area contributed by atoms with Gasteiger partial charge in [0.05, 0.1) is 25.8 Å². The zero-order valence-electron chi connectivity index (χ0n) is 15.1. The van der Waals surface area contributed by atoms with Crippen LogP contribution in [-0.4, -0.2) is 31.2 Å². The molecule has 2 atom stereocenters. The van der Waals surface area contributed by atoms with Gasteiger partial charge in [-0.3, -0.25) is 0 Å². The molecule has 1 aliphatic rings. The van der Waals surface area contributed by atoms with E-state index in [9.17, 15) is 4.79 Å².